The molecule has 0 atom stereocenters. The summed E-state index contributed by atoms with van der Waals surface area (Å²) >= 11 is 2.01. The van der Waals surface area contributed by atoms with Crippen LogP contribution in [0.25, 0.3) is 0 Å². The van der Waals surface area contributed by atoms with Crippen molar-refractivity contribution in [3.05, 3.63) is 35.9 Å². The van der Waals surface area contributed by atoms with Crippen LogP contribution in [-0.2, 0) is 0 Å². The maximum absolute atomic E-state index is 11.7. The minimum Gasteiger partial charge on any atom is -0.351 e. The number of hydrogen-bond donors (Lipinski definition) is 1. The molecule has 1 aliphatic rings. The predicted octanol–water partition coefficient (Wildman–Crippen LogP) is 3.09. The monoisotopic (exact) mass is 249 g/mol. The van der Waals surface area contributed by atoms with Gasteiger partial charge < -0.3 is 5.32 Å². The second-order valence-electron chi connectivity index (χ2n) is 4.40. The highest BCUT2D eigenvalue weighted by Crippen LogP contribution is 2.28. The third-order valence-corrected chi connectivity index (χ3v) is 4.46. The molecule has 0 aliphatic heterocycles. The van der Waals surface area contributed by atoms with Crippen molar-refractivity contribution in [2.24, 2.45) is 0 Å². The Balaban J connectivity index is 1.63. The van der Waals surface area contributed by atoms with Gasteiger partial charge in [-0.1, -0.05) is 31.0 Å². The molecule has 0 spiro atoms. The largest absolute Gasteiger partial charge is 0.351 e. The van der Waals surface area contributed by atoms with Crippen molar-refractivity contribution in [2.75, 3.05) is 12.3 Å². The summed E-state index contributed by atoms with van der Waals surface area (Å²) in [4.78, 5) is 11.7. The molecule has 92 valence electrons. The summed E-state index contributed by atoms with van der Waals surface area (Å²) in [6.45, 7) is 0.773. The number of thioether (sulfide) groups is 1. The van der Waals surface area contributed by atoms with Crippen molar-refractivity contribution in [2.45, 2.75) is 30.9 Å². The Morgan fingerprint density at radius 3 is 2.65 bits per heavy atom. The first-order valence-electron chi connectivity index (χ1n) is 6.31. The fourth-order valence-corrected chi connectivity index (χ4v) is 3.36. The van der Waals surface area contributed by atoms with E-state index in [-0.39, 0.29) is 5.91 Å². The minimum atomic E-state index is 0.0395. The Morgan fingerprint density at radius 2 is 1.94 bits per heavy atom. The fraction of sp³-hybridized carbons (Fsp3) is 0.500. The second-order valence-corrected chi connectivity index (χ2v) is 5.81. The quantitative estimate of drug-likeness (QED) is 0.812. The molecule has 2 rings (SSSR count). The van der Waals surface area contributed by atoms with Crippen molar-refractivity contribution >= 4 is 17.7 Å². The average molecular weight is 249 g/mol. The number of benzene rings is 1. The molecular weight excluding hydrogens is 230 g/mol. The van der Waals surface area contributed by atoms with Crippen LogP contribution < -0.4 is 5.32 Å². The maximum Gasteiger partial charge on any atom is 0.251 e. The molecule has 0 unspecified atom stereocenters. The van der Waals surface area contributed by atoms with Gasteiger partial charge >= 0.3 is 0 Å². The number of hydrogen-bond acceptors (Lipinski definition) is 2. The number of rotatable bonds is 5. The van der Waals surface area contributed by atoms with E-state index in [0.29, 0.717) is 0 Å². The highest BCUT2D eigenvalue weighted by molar-refractivity contribution is 7.99. The lowest BCUT2D eigenvalue weighted by Gasteiger charge is -2.09. The molecule has 0 saturated heterocycles. The van der Waals surface area contributed by atoms with Crippen LogP contribution in [0.15, 0.2) is 30.3 Å². The first-order chi connectivity index (χ1) is 8.36. The van der Waals surface area contributed by atoms with Crippen LogP contribution in [0.3, 0.4) is 0 Å². The molecule has 1 amide bonds. The molecule has 1 saturated carbocycles. The molecule has 3 heteroatoms. The Bertz CT molecular complexity index is 346. The number of nitrogens with one attached hydrogen (secondary N) is 1. The van der Waals surface area contributed by atoms with Crippen LogP contribution in [-0.4, -0.2) is 23.5 Å². The van der Waals surface area contributed by atoms with Crippen LogP contribution >= 0.6 is 11.8 Å². The Morgan fingerprint density at radius 1 is 1.24 bits per heavy atom. The van der Waals surface area contributed by atoms with E-state index in [4.69, 9.17) is 0 Å². The van der Waals surface area contributed by atoms with Gasteiger partial charge in [0, 0.05) is 23.1 Å². The molecule has 1 N–H and O–H groups in total. The van der Waals surface area contributed by atoms with Gasteiger partial charge in [0.1, 0.15) is 0 Å². The molecule has 1 aromatic rings. The third kappa shape index (κ3) is 4.08. The van der Waals surface area contributed by atoms with E-state index in [2.05, 4.69) is 5.32 Å². The van der Waals surface area contributed by atoms with Crippen molar-refractivity contribution in [1.29, 1.82) is 0 Å². The van der Waals surface area contributed by atoms with Gasteiger partial charge in [-0.15, -0.1) is 0 Å². The van der Waals surface area contributed by atoms with E-state index in [1.165, 1.54) is 25.7 Å². The molecule has 2 nitrogen and oxygen atoms in total. The van der Waals surface area contributed by atoms with E-state index in [0.717, 1.165) is 23.1 Å². The zero-order chi connectivity index (χ0) is 11.9. The average Bonchev–Trinajstić information content (AvgIpc) is 2.88. The molecule has 17 heavy (non-hydrogen) atoms. The summed E-state index contributed by atoms with van der Waals surface area (Å²) < 4.78 is 0. The Labute approximate surface area is 107 Å². The third-order valence-electron chi connectivity index (χ3n) is 3.08. The lowest BCUT2D eigenvalue weighted by molar-refractivity contribution is 0.0956. The van der Waals surface area contributed by atoms with Gasteiger partial charge in [-0.25, -0.2) is 0 Å². The van der Waals surface area contributed by atoms with Gasteiger partial charge in [-0.3, -0.25) is 4.79 Å². The van der Waals surface area contributed by atoms with Gasteiger partial charge in [-0.2, -0.15) is 11.8 Å². The van der Waals surface area contributed by atoms with Gasteiger partial charge in [-0.05, 0) is 25.0 Å². The predicted molar refractivity (Wildman–Crippen MR) is 73.5 cm³/mol. The molecule has 1 aromatic carbocycles. The molecule has 0 radical (unpaired) electrons. The van der Waals surface area contributed by atoms with Crippen LogP contribution in [0.2, 0.25) is 0 Å². The first-order valence-corrected chi connectivity index (χ1v) is 7.36. The fourth-order valence-electron chi connectivity index (χ4n) is 2.14. The summed E-state index contributed by atoms with van der Waals surface area (Å²) in [5, 5.41) is 3.80. The zero-order valence-corrected chi connectivity index (χ0v) is 10.8. The normalized spacial score (nSPS) is 16.0. The van der Waals surface area contributed by atoms with Crippen LogP contribution in [0.5, 0.6) is 0 Å². The second kappa shape index (κ2) is 6.70. The summed E-state index contributed by atoms with van der Waals surface area (Å²) in [7, 11) is 0. The molecule has 0 aromatic heterocycles. The summed E-state index contributed by atoms with van der Waals surface area (Å²) in [6.07, 6.45) is 5.48. The van der Waals surface area contributed by atoms with Gasteiger partial charge in [0.15, 0.2) is 0 Å². The molecule has 1 aliphatic carbocycles. The molecule has 0 bridgehead atoms. The first kappa shape index (κ1) is 12.5. The van der Waals surface area contributed by atoms with E-state index in [9.17, 15) is 4.79 Å². The number of carbonyl (C=O) groups excluding carboxylic acids is 1. The minimum absolute atomic E-state index is 0.0395. The van der Waals surface area contributed by atoms with E-state index in [1.54, 1.807) is 0 Å². The summed E-state index contributed by atoms with van der Waals surface area (Å²) in [6, 6.07) is 9.40. The van der Waals surface area contributed by atoms with Gasteiger partial charge in [0.25, 0.3) is 5.91 Å². The molecule has 1 fully saturated rings. The topological polar surface area (TPSA) is 29.1 Å². The SMILES string of the molecule is O=C(NCCSC1CCCC1)c1ccccc1. The van der Waals surface area contributed by atoms with Crippen molar-refractivity contribution < 1.29 is 4.79 Å². The van der Waals surface area contributed by atoms with E-state index < -0.39 is 0 Å². The molecule has 0 heterocycles. The number of carbonyl (C=O) groups is 1. The highest BCUT2D eigenvalue weighted by Gasteiger charge is 2.14. The van der Waals surface area contributed by atoms with E-state index >= 15 is 0 Å². The van der Waals surface area contributed by atoms with Crippen molar-refractivity contribution in [1.82, 2.24) is 5.32 Å². The number of amides is 1. The Kier molecular flexibility index (Phi) is 4.92. The van der Waals surface area contributed by atoms with E-state index in [1.807, 2.05) is 42.1 Å². The standard InChI is InChI=1S/C14H19NOS/c16-14(12-6-2-1-3-7-12)15-10-11-17-13-8-4-5-9-13/h1-3,6-7,13H,4-5,8-11H2,(H,15,16). The van der Waals surface area contributed by atoms with Crippen LogP contribution in [0, 0.1) is 0 Å². The lowest BCUT2D eigenvalue weighted by Crippen LogP contribution is -2.26. The Hall–Kier alpha value is -0.960. The zero-order valence-electron chi connectivity index (χ0n) is 10.0. The summed E-state index contributed by atoms with van der Waals surface area (Å²) in [5.74, 6) is 1.07. The van der Waals surface area contributed by atoms with Gasteiger partial charge in [0.2, 0.25) is 0 Å². The van der Waals surface area contributed by atoms with Crippen LogP contribution in [0.1, 0.15) is 36.0 Å². The van der Waals surface area contributed by atoms with Gasteiger partial charge in [0.05, 0.1) is 0 Å². The van der Waals surface area contributed by atoms with Crippen molar-refractivity contribution in [3.8, 4) is 0 Å². The lowest BCUT2D eigenvalue weighted by atomic mass is 10.2. The van der Waals surface area contributed by atoms with Crippen LogP contribution in [0.4, 0.5) is 0 Å². The maximum atomic E-state index is 11.7. The smallest absolute Gasteiger partial charge is 0.251 e. The summed E-state index contributed by atoms with van der Waals surface area (Å²) in [5.41, 5.74) is 0.748. The molecular formula is C14H19NOS. The van der Waals surface area contributed by atoms with Crippen molar-refractivity contribution in [3.63, 3.8) is 0 Å². The highest BCUT2D eigenvalue weighted by atomic mass is 32.2.